The van der Waals surface area contributed by atoms with Crippen LogP contribution in [0.1, 0.15) is 51.4 Å². The second kappa shape index (κ2) is 9.08. The van der Waals surface area contributed by atoms with E-state index in [2.05, 4.69) is 6.26 Å². The van der Waals surface area contributed by atoms with E-state index >= 15 is 0 Å². The Balaban J connectivity index is 0.000000357. The van der Waals surface area contributed by atoms with Crippen molar-refractivity contribution >= 4 is 10.9 Å². The number of rotatable bonds is 2. The van der Waals surface area contributed by atoms with E-state index < -0.39 is 6.68 Å². The molecule has 1 aliphatic heterocycles. The molecule has 0 amide bonds. The molecule has 0 aromatic rings. The van der Waals surface area contributed by atoms with Gasteiger partial charge in [-0.2, -0.15) is 13.2 Å². The van der Waals surface area contributed by atoms with Crippen LogP contribution >= 0.6 is 0 Å². The maximum absolute atomic E-state index is 9.67. The van der Waals surface area contributed by atoms with E-state index in [1.165, 1.54) is 51.4 Å². The minimum absolute atomic E-state index is 0.535. The standard InChI is InChI=1S/C12H23OS.CHF3/c1-14(11-7-3-2-4-8-11)12-9-5-6-10-13-12;2-1(3)4/h11-12H,2-10H2,1H3;1H/q+1;. The normalized spacial score (nSPS) is 27.5. The molecule has 1 aliphatic carbocycles. The Bertz CT molecular complexity index is 184. The number of ether oxygens (including phenoxy) is 1. The third-order valence-electron chi connectivity index (χ3n) is 3.63. The third kappa shape index (κ3) is 6.32. The lowest BCUT2D eigenvalue weighted by Crippen LogP contribution is -2.36. The van der Waals surface area contributed by atoms with Gasteiger partial charge in [0.05, 0.1) is 6.61 Å². The molecule has 0 aromatic carbocycles. The van der Waals surface area contributed by atoms with Gasteiger partial charge < -0.3 is 4.74 Å². The molecule has 0 bridgehead atoms. The molecule has 1 heterocycles. The molecule has 108 valence electrons. The van der Waals surface area contributed by atoms with Crippen molar-refractivity contribution in [3.8, 4) is 0 Å². The predicted molar refractivity (Wildman–Crippen MR) is 70.9 cm³/mol. The number of alkyl halides is 3. The summed E-state index contributed by atoms with van der Waals surface area (Å²) in [4.78, 5) is 0. The van der Waals surface area contributed by atoms with Crippen LogP contribution in [0.3, 0.4) is 0 Å². The van der Waals surface area contributed by atoms with Gasteiger partial charge in [0.1, 0.15) is 11.5 Å². The van der Waals surface area contributed by atoms with Crippen LogP contribution in [0.15, 0.2) is 0 Å². The van der Waals surface area contributed by atoms with Crippen LogP contribution in [0, 0.1) is 0 Å². The molecule has 2 aliphatic rings. The summed E-state index contributed by atoms with van der Waals surface area (Å²) in [6.45, 7) is -2.64. The first kappa shape index (κ1) is 16.2. The first-order chi connectivity index (χ1) is 8.61. The van der Waals surface area contributed by atoms with E-state index in [0.29, 0.717) is 16.3 Å². The van der Waals surface area contributed by atoms with Gasteiger partial charge in [0.2, 0.25) is 5.44 Å². The highest BCUT2D eigenvalue weighted by Crippen LogP contribution is 2.30. The van der Waals surface area contributed by atoms with Gasteiger partial charge in [-0.1, -0.05) is 6.42 Å². The zero-order valence-electron chi connectivity index (χ0n) is 11.0. The third-order valence-corrected chi connectivity index (χ3v) is 6.35. The van der Waals surface area contributed by atoms with Gasteiger partial charge in [0, 0.05) is 17.3 Å². The van der Waals surface area contributed by atoms with Crippen LogP contribution in [-0.4, -0.2) is 30.2 Å². The summed E-state index contributed by atoms with van der Waals surface area (Å²) in [5.74, 6) is 0. The van der Waals surface area contributed by atoms with Crippen LogP contribution in [-0.2, 0) is 15.6 Å². The van der Waals surface area contributed by atoms with Crippen LogP contribution < -0.4 is 0 Å². The van der Waals surface area contributed by atoms with Crippen molar-refractivity contribution in [2.45, 2.75) is 68.7 Å². The fraction of sp³-hybridized carbons (Fsp3) is 1.00. The Kier molecular flexibility index (Phi) is 8.15. The summed E-state index contributed by atoms with van der Waals surface area (Å²) in [6.07, 6.45) is 13.8. The summed E-state index contributed by atoms with van der Waals surface area (Å²) in [6, 6.07) is 0. The van der Waals surface area contributed by atoms with E-state index in [-0.39, 0.29) is 0 Å². The highest BCUT2D eigenvalue weighted by atomic mass is 32.2. The molecule has 2 fully saturated rings. The monoisotopic (exact) mass is 285 g/mol. The fourth-order valence-corrected chi connectivity index (χ4v) is 5.01. The highest BCUT2D eigenvalue weighted by Gasteiger charge is 2.36. The van der Waals surface area contributed by atoms with Gasteiger partial charge in [-0.05, 0) is 38.5 Å². The Hall–Kier alpha value is 0.100. The molecule has 1 nitrogen and oxygen atoms in total. The van der Waals surface area contributed by atoms with E-state index in [1.807, 2.05) is 0 Å². The zero-order chi connectivity index (χ0) is 13.4. The lowest BCUT2D eigenvalue weighted by Gasteiger charge is -2.28. The van der Waals surface area contributed by atoms with Gasteiger partial charge in [-0.25, -0.2) is 0 Å². The Morgan fingerprint density at radius 3 is 2.00 bits per heavy atom. The van der Waals surface area contributed by atoms with E-state index in [0.717, 1.165) is 11.9 Å². The molecule has 2 unspecified atom stereocenters. The van der Waals surface area contributed by atoms with Gasteiger partial charge in [0.15, 0.2) is 0 Å². The van der Waals surface area contributed by atoms with Crippen molar-refractivity contribution in [2.24, 2.45) is 0 Å². The summed E-state index contributed by atoms with van der Waals surface area (Å²) in [5, 5.41) is 0.992. The summed E-state index contributed by atoms with van der Waals surface area (Å²) >= 11 is 0. The first-order valence-electron chi connectivity index (χ1n) is 6.78. The molecule has 2 atom stereocenters. The van der Waals surface area contributed by atoms with Crippen molar-refractivity contribution in [3.05, 3.63) is 0 Å². The SMILES string of the molecule is C[S+](C1CCCCC1)C1CCCCO1.FC(F)F. The fourth-order valence-electron chi connectivity index (χ4n) is 2.66. The minimum atomic E-state index is -3.67. The lowest BCUT2D eigenvalue weighted by molar-refractivity contribution is 0.00819. The predicted octanol–water partition coefficient (Wildman–Crippen LogP) is 4.27. The molecular formula is C13H24F3OS+. The van der Waals surface area contributed by atoms with Crippen LogP contribution in [0.2, 0.25) is 0 Å². The Labute approximate surface area is 111 Å². The number of hydrogen-bond acceptors (Lipinski definition) is 1. The van der Waals surface area contributed by atoms with E-state index in [9.17, 15) is 13.2 Å². The molecular weight excluding hydrogens is 261 g/mol. The first-order valence-corrected chi connectivity index (χ1v) is 8.54. The van der Waals surface area contributed by atoms with Crippen LogP contribution in [0.4, 0.5) is 13.2 Å². The topological polar surface area (TPSA) is 9.23 Å². The maximum Gasteiger partial charge on any atom is 0.379 e. The molecule has 1 saturated carbocycles. The lowest BCUT2D eigenvalue weighted by atomic mass is 10.0. The average molecular weight is 285 g/mol. The minimum Gasteiger partial charge on any atom is -0.334 e. The number of halogens is 3. The molecule has 5 heteroatoms. The van der Waals surface area contributed by atoms with Crippen LogP contribution in [0.5, 0.6) is 0 Å². The smallest absolute Gasteiger partial charge is 0.334 e. The Morgan fingerprint density at radius 1 is 0.944 bits per heavy atom. The zero-order valence-corrected chi connectivity index (χ0v) is 11.9. The van der Waals surface area contributed by atoms with Crippen molar-refractivity contribution in [1.29, 1.82) is 0 Å². The molecule has 2 rings (SSSR count). The molecule has 0 N–H and O–H groups in total. The van der Waals surface area contributed by atoms with Gasteiger partial charge >= 0.3 is 6.68 Å². The Morgan fingerprint density at radius 2 is 1.50 bits per heavy atom. The molecule has 0 radical (unpaired) electrons. The molecule has 18 heavy (non-hydrogen) atoms. The summed E-state index contributed by atoms with van der Waals surface area (Å²) < 4.78 is 34.9. The van der Waals surface area contributed by atoms with E-state index in [1.54, 1.807) is 0 Å². The quantitative estimate of drug-likeness (QED) is 0.688. The van der Waals surface area contributed by atoms with Crippen molar-refractivity contribution in [3.63, 3.8) is 0 Å². The van der Waals surface area contributed by atoms with Crippen molar-refractivity contribution < 1.29 is 17.9 Å². The van der Waals surface area contributed by atoms with Gasteiger partial charge in [-0.15, -0.1) is 0 Å². The van der Waals surface area contributed by atoms with Gasteiger partial charge in [0.25, 0.3) is 0 Å². The summed E-state index contributed by atoms with van der Waals surface area (Å²) in [5.41, 5.74) is 0.617. The van der Waals surface area contributed by atoms with Crippen LogP contribution in [0.25, 0.3) is 0 Å². The highest BCUT2D eigenvalue weighted by molar-refractivity contribution is 7.97. The second-order valence-corrected chi connectivity index (χ2v) is 7.32. The molecule has 1 saturated heterocycles. The molecule has 0 aromatic heterocycles. The van der Waals surface area contributed by atoms with E-state index in [4.69, 9.17) is 4.74 Å². The van der Waals surface area contributed by atoms with Crippen molar-refractivity contribution in [1.82, 2.24) is 0 Å². The second-order valence-electron chi connectivity index (χ2n) is 4.91. The van der Waals surface area contributed by atoms with Gasteiger partial charge in [-0.3, -0.25) is 0 Å². The largest absolute Gasteiger partial charge is 0.379 e. The maximum atomic E-state index is 9.67. The number of hydrogen-bond donors (Lipinski definition) is 0. The average Bonchev–Trinajstić information content (AvgIpc) is 2.39. The van der Waals surface area contributed by atoms with Crippen molar-refractivity contribution in [2.75, 3.05) is 12.9 Å². The molecule has 0 spiro atoms. The summed E-state index contributed by atoms with van der Waals surface area (Å²) in [7, 11) is 0.535.